The van der Waals surface area contributed by atoms with Crippen molar-refractivity contribution >= 4 is 17.0 Å². The van der Waals surface area contributed by atoms with Crippen LogP contribution in [-0.4, -0.2) is 22.3 Å². The number of nitrogens with two attached hydrogens (primary N) is 1. The van der Waals surface area contributed by atoms with Crippen LogP contribution in [-0.2, 0) is 11.3 Å². The number of nitrogens with zero attached hydrogens (tertiary/aromatic N) is 3. The SMILES string of the molecule is N#Cc1cccc2c1nc(N)n2CCOC1CCCCC1. The van der Waals surface area contributed by atoms with Gasteiger partial charge in [-0.05, 0) is 25.0 Å². The molecule has 0 atom stereocenters. The molecule has 1 aliphatic rings. The van der Waals surface area contributed by atoms with E-state index in [4.69, 9.17) is 15.7 Å². The van der Waals surface area contributed by atoms with Gasteiger partial charge >= 0.3 is 0 Å². The van der Waals surface area contributed by atoms with Crippen LogP contribution >= 0.6 is 0 Å². The van der Waals surface area contributed by atoms with Gasteiger partial charge in [-0.3, -0.25) is 0 Å². The van der Waals surface area contributed by atoms with Crippen molar-refractivity contribution in [2.75, 3.05) is 12.3 Å². The number of para-hydroxylation sites is 1. The Balaban J connectivity index is 1.72. The number of ether oxygens (including phenoxy) is 1. The summed E-state index contributed by atoms with van der Waals surface area (Å²) in [5, 5.41) is 9.12. The third-order valence-electron chi connectivity index (χ3n) is 4.15. The van der Waals surface area contributed by atoms with E-state index >= 15 is 0 Å². The van der Waals surface area contributed by atoms with Gasteiger partial charge in [0.15, 0.2) is 0 Å². The topological polar surface area (TPSA) is 76.9 Å². The van der Waals surface area contributed by atoms with Gasteiger partial charge < -0.3 is 15.0 Å². The van der Waals surface area contributed by atoms with Gasteiger partial charge in [-0.2, -0.15) is 5.26 Å². The molecule has 0 bridgehead atoms. The zero-order valence-electron chi connectivity index (χ0n) is 12.1. The highest BCUT2D eigenvalue weighted by Crippen LogP contribution is 2.22. The van der Waals surface area contributed by atoms with Gasteiger partial charge in [-0.1, -0.05) is 25.3 Å². The largest absolute Gasteiger partial charge is 0.376 e. The van der Waals surface area contributed by atoms with E-state index in [9.17, 15) is 0 Å². The fraction of sp³-hybridized carbons (Fsp3) is 0.500. The molecule has 0 radical (unpaired) electrons. The highest BCUT2D eigenvalue weighted by molar-refractivity contribution is 5.83. The van der Waals surface area contributed by atoms with E-state index in [2.05, 4.69) is 11.1 Å². The summed E-state index contributed by atoms with van der Waals surface area (Å²) in [6, 6.07) is 7.72. The molecule has 3 rings (SSSR count). The van der Waals surface area contributed by atoms with Gasteiger partial charge in [-0.25, -0.2) is 4.98 Å². The number of hydrogen-bond acceptors (Lipinski definition) is 4. The van der Waals surface area contributed by atoms with E-state index in [1.54, 1.807) is 6.07 Å². The van der Waals surface area contributed by atoms with Crippen LogP contribution < -0.4 is 5.73 Å². The van der Waals surface area contributed by atoms with Gasteiger partial charge in [0, 0.05) is 6.54 Å². The second-order valence-electron chi connectivity index (χ2n) is 5.54. The number of hydrogen-bond donors (Lipinski definition) is 1. The quantitative estimate of drug-likeness (QED) is 0.936. The molecule has 21 heavy (non-hydrogen) atoms. The lowest BCUT2D eigenvalue weighted by Gasteiger charge is -2.22. The number of benzene rings is 1. The van der Waals surface area contributed by atoms with Crippen molar-refractivity contribution in [1.82, 2.24) is 9.55 Å². The average molecular weight is 284 g/mol. The lowest BCUT2D eigenvalue weighted by atomic mass is 9.98. The zero-order valence-corrected chi connectivity index (χ0v) is 12.1. The van der Waals surface area contributed by atoms with Gasteiger partial charge in [0.05, 0.1) is 23.8 Å². The number of aromatic nitrogens is 2. The molecule has 1 aromatic heterocycles. The van der Waals surface area contributed by atoms with Crippen LogP contribution in [0.25, 0.3) is 11.0 Å². The number of nitrogen functional groups attached to an aromatic ring is 1. The summed E-state index contributed by atoms with van der Waals surface area (Å²) in [7, 11) is 0. The third-order valence-corrected chi connectivity index (χ3v) is 4.15. The molecule has 110 valence electrons. The molecule has 2 N–H and O–H groups in total. The van der Waals surface area contributed by atoms with Crippen LogP contribution in [0.1, 0.15) is 37.7 Å². The van der Waals surface area contributed by atoms with E-state index in [1.807, 2.05) is 16.7 Å². The molecule has 1 fully saturated rings. The molecule has 0 saturated heterocycles. The maximum Gasteiger partial charge on any atom is 0.201 e. The smallest absolute Gasteiger partial charge is 0.201 e. The molecule has 1 aliphatic carbocycles. The number of imidazole rings is 1. The minimum absolute atomic E-state index is 0.393. The Bertz CT molecular complexity index is 665. The number of rotatable bonds is 4. The van der Waals surface area contributed by atoms with Crippen LogP contribution in [0.15, 0.2) is 18.2 Å². The first-order valence-corrected chi connectivity index (χ1v) is 7.56. The molecule has 5 heteroatoms. The van der Waals surface area contributed by atoms with Crippen LogP contribution in [0.5, 0.6) is 0 Å². The first-order chi connectivity index (χ1) is 10.3. The maximum absolute atomic E-state index is 9.12. The Labute approximate surface area is 124 Å². The maximum atomic E-state index is 9.12. The Morgan fingerprint density at radius 3 is 2.90 bits per heavy atom. The first kappa shape index (κ1) is 13.9. The molecular weight excluding hydrogens is 264 g/mol. The molecule has 0 aliphatic heterocycles. The average Bonchev–Trinajstić information content (AvgIpc) is 2.84. The predicted octanol–water partition coefficient (Wildman–Crippen LogP) is 2.84. The zero-order chi connectivity index (χ0) is 14.7. The van der Waals surface area contributed by atoms with Gasteiger partial charge in [-0.15, -0.1) is 0 Å². The molecule has 2 aromatic rings. The molecule has 0 unspecified atom stereocenters. The van der Waals surface area contributed by atoms with Crippen molar-refractivity contribution in [3.63, 3.8) is 0 Å². The van der Waals surface area contributed by atoms with Crippen molar-refractivity contribution in [2.45, 2.75) is 44.8 Å². The van der Waals surface area contributed by atoms with Crippen LogP contribution in [0.2, 0.25) is 0 Å². The van der Waals surface area contributed by atoms with E-state index in [1.165, 1.54) is 32.1 Å². The molecule has 1 heterocycles. The first-order valence-electron chi connectivity index (χ1n) is 7.56. The molecule has 5 nitrogen and oxygen atoms in total. The van der Waals surface area contributed by atoms with E-state index in [0.29, 0.717) is 36.3 Å². The summed E-state index contributed by atoms with van der Waals surface area (Å²) in [5.74, 6) is 0.444. The van der Waals surface area contributed by atoms with E-state index in [-0.39, 0.29) is 0 Å². The molecule has 0 amide bonds. The third kappa shape index (κ3) is 2.86. The van der Waals surface area contributed by atoms with Crippen molar-refractivity contribution in [2.24, 2.45) is 0 Å². The summed E-state index contributed by atoms with van der Waals surface area (Å²) in [6.45, 7) is 1.31. The van der Waals surface area contributed by atoms with Crippen molar-refractivity contribution in [3.05, 3.63) is 23.8 Å². The number of nitriles is 1. The lowest BCUT2D eigenvalue weighted by Crippen LogP contribution is -2.19. The van der Waals surface area contributed by atoms with Gasteiger partial charge in [0.25, 0.3) is 0 Å². The molecule has 0 spiro atoms. The fourth-order valence-corrected chi connectivity index (χ4v) is 3.03. The van der Waals surface area contributed by atoms with Crippen LogP contribution in [0, 0.1) is 11.3 Å². The van der Waals surface area contributed by atoms with Crippen LogP contribution in [0.4, 0.5) is 5.95 Å². The molecule has 1 aromatic carbocycles. The Morgan fingerprint density at radius 2 is 2.14 bits per heavy atom. The van der Waals surface area contributed by atoms with Crippen LogP contribution in [0.3, 0.4) is 0 Å². The normalized spacial score (nSPS) is 16.1. The highest BCUT2D eigenvalue weighted by Gasteiger charge is 2.15. The van der Waals surface area contributed by atoms with Crippen molar-refractivity contribution < 1.29 is 4.74 Å². The number of fused-ring (bicyclic) bond motifs is 1. The minimum Gasteiger partial charge on any atom is -0.376 e. The predicted molar refractivity (Wildman–Crippen MR) is 81.7 cm³/mol. The fourth-order valence-electron chi connectivity index (χ4n) is 3.03. The summed E-state index contributed by atoms with van der Waals surface area (Å²) < 4.78 is 7.88. The van der Waals surface area contributed by atoms with Gasteiger partial charge in [0.1, 0.15) is 11.6 Å². The summed E-state index contributed by atoms with van der Waals surface area (Å²) >= 11 is 0. The minimum atomic E-state index is 0.393. The summed E-state index contributed by atoms with van der Waals surface area (Å²) in [5.41, 5.74) is 8.12. The van der Waals surface area contributed by atoms with Gasteiger partial charge in [0.2, 0.25) is 5.95 Å². The molecule has 1 saturated carbocycles. The summed E-state index contributed by atoms with van der Waals surface area (Å²) in [6.07, 6.45) is 6.59. The summed E-state index contributed by atoms with van der Waals surface area (Å²) in [4.78, 5) is 4.31. The second kappa shape index (κ2) is 6.15. The van der Waals surface area contributed by atoms with E-state index in [0.717, 1.165) is 5.52 Å². The van der Waals surface area contributed by atoms with Crippen molar-refractivity contribution in [1.29, 1.82) is 5.26 Å². The Kier molecular flexibility index (Phi) is 4.07. The van der Waals surface area contributed by atoms with E-state index < -0.39 is 0 Å². The Hall–Kier alpha value is -2.06. The molecular formula is C16H20N4O. The lowest BCUT2D eigenvalue weighted by molar-refractivity contribution is 0.0246. The van der Waals surface area contributed by atoms with Crippen molar-refractivity contribution in [3.8, 4) is 6.07 Å². The second-order valence-corrected chi connectivity index (χ2v) is 5.54. The Morgan fingerprint density at radius 1 is 1.33 bits per heavy atom. The number of anilines is 1. The highest BCUT2D eigenvalue weighted by atomic mass is 16.5. The standard InChI is InChI=1S/C16H20N4O/c17-11-12-5-4-8-14-15(12)19-16(18)20(14)9-10-21-13-6-2-1-3-7-13/h4-5,8,13H,1-3,6-7,9-10H2,(H2,18,19). The monoisotopic (exact) mass is 284 g/mol.